The number of hydrogen-bond acceptors (Lipinski definition) is 3. The van der Waals surface area contributed by atoms with E-state index in [0.717, 1.165) is 7.11 Å². The Morgan fingerprint density at radius 3 is 2.56 bits per heavy atom. The molecular formula is C10H7Br2FO3. The van der Waals surface area contributed by atoms with Gasteiger partial charge in [-0.05, 0) is 18.2 Å². The van der Waals surface area contributed by atoms with Gasteiger partial charge in [0.2, 0.25) is 5.78 Å². The van der Waals surface area contributed by atoms with Gasteiger partial charge in [0.25, 0.3) is 6.17 Å². The average molecular weight is 354 g/mol. The second-order valence-electron chi connectivity index (χ2n) is 2.87. The van der Waals surface area contributed by atoms with Crippen LogP contribution in [0.25, 0.3) is 0 Å². The molecule has 1 unspecified atom stereocenters. The van der Waals surface area contributed by atoms with E-state index in [1.807, 2.05) is 0 Å². The van der Waals surface area contributed by atoms with Crippen molar-refractivity contribution in [3.8, 4) is 0 Å². The normalized spacial score (nSPS) is 12.0. The van der Waals surface area contributed by atoms with Gasteiger partial charge in [-0.2, -0.15) is 0 Å². The Hall–Kier alpha value is -0.750. The van der Waals surface area contributed by atoms with E-state index in [1.165, 1.54) is 6.07 Å². The average Bonchev–Trinajstić information content (AvgIpc) is 2.29. The molecule has 0 saturated carbocycles. The van der Waals surface area contributed by atoms with Crippen LogP contribution in [0.4, 0.5) is 4.39 Å². The second kappa shape index (κ2) is 5.54. The fraction of sp³-hybridized carbons (Fsp3) is 0.200. The van der Waals surface area contributed by atoms with Gasteiger partial charge in [-0.25, -0.2) is 9.18 Å². The number of Topliss-reactive ketones (excluding diaryl/α,β-unsaturated/α-hetero) is 1. The molecule has 1 aromatic carbocycles. The van der Waals surface area contributed by atoms with E-state index in [0.29, 0.717) is 8.95 Å². The first-order valence-electron chi connectivity index (χ1n) is 4.18. The summed E-state index contributed by atoms with van der Waals surface area (Å²) in [7, 11) is 1.03. The minimum absolute atomic E-state index is 0.0901. The molecule has 3 nitrogen and oxygen atoms in total. The lowest BCUT2D eigenvalue weighted by Gasteiger charge is -2.07. The van der Waals surface area contributed by atoms with Crippen molar-refractivity contribution in [1.82, 2.24) is 0 Å². The van der Waals surface area contributed by atoms with Gasteiger partial charge in [0.05, 0.1) is 7.11 Å². The number of rotatable bonds is 3. The zero-order valence-corrected chi connectivity index (χ0v) is 11.3. The monoisotopic (exact) mass is 352 g/mol. The maximum absolute atomic E-state index is 13.3. The van der Waals surface area contributed by atoms with E-state index in [1.54, 1.807) is 12.1 Å². The van der Waals surface area contributed by atoms with Crippen LogP contribution in [0, 0.1) is 0 Å². The number of methoxy groups -OCH3 is 1. The van der Waals surface area contributed by atoms with Crippen LogP contribution in [0.5, 0.6) is 0 Å². The number of alkyl halides is 1. The molecule has 86 valence electrons. The van der Waals surface area contributed by atoms with Crippen LogP contribution in [0.3, 0.4) is 0 Å². The lowest BCUT2D eigenvalue weighted by molar-refractivity contribution is -0.144. The molecule has 0 spiro atoms. The number of carbonyl (C=O) groups is 2. The van der Waals surface area contributed by atoms with Crippen molar-refractivity contribution in [2.75, 3.05) is 7.11 Å². The largest absolute Gasteiger partial charge is 0.467 e. The summed E-state index contributed by atoms with van der Waals surface area (Å²) in [6.07, 6.45) is -2.30. The molecule has 0 saturated heterocycles. The van der Waals surface area contributed by atoms with Crippen molar-refractivity contribution in [1.29, 1.82) is 0 Å². The summed E-state index contributed by atoms with van der Waals surface area (Å²) in [4.78, 5) is 22.5. The topological polar surface area (TPSA) is 43.4 Å². The van der Waals surface area contributed by atoms with E-state index in [9.17, 15) is 14.0 Å². The third-order valence-electron chi connectivity index (χ3n) is 1.83. The maximum Gasteiger partial charge on any atom is 0.348 e. The second-order valence-corrected chi connectivity index (χ2v) is 4.64. The molecule has 16 heavy (non-hydrogen) atoms. The highest BCUT2D eigenvalue weighted by Crippen LogP contribution is 2.23. The minimum atomic E-state index is -2.30. The molecule has 0 aromatic heterocycles. The molecule has 1 atom stereocenters. The van der Waals surface area contributed by atoms with E-state index in [4.69, 9.17) is 0 Å². The Morgan fingerprint density at radius 1 is 1.38 bits per heavy atom. The van der Waals surface area contributed by atoms with Crippen molar-refractivity contribution in [3.63, 3.8) is 0 Å². The van der Waals surface area contributed by atoms with Crippen LogP contribution in [-0.4, -0.2) is 25.0 Å². The predicted molar refractivity (Wildman–Crippen MR) is 63.1 cm³/mol. The molecule has 0 radical (unpaired) electrons. The van der Waals surface area contributed by atoms with Crippen molar-refractivity contribution in [2.24, 2.45) is 0 Å². The molecule has 0 bridgehead atoms. The Bertz CT molecular complexity index is 434. The standard InChI is InChI=1S/C10H7Br2FO3/c1-16-10(15)8(13)9(14)6-4-5(11)2-3-7(6)12/h2-4,8H,1H3. The summed E-state index contributed by atoms with van der Waals surface area (Å²) < 4.78 is 18.5. The molecule has 6 heteroatoms. The van der Waals surface area contributed by atoms with Crippen LogP contribution in [0.2, 0.25) is 0 Å². The first kappa shape index (κ1) is 13.3. The summed E-state index contributed by atoms with van der Waals surface area (Å²) in [6, 6.07) is 4.70. The summed E-state index contributed by atoms with van der Waals surface area (Å²) in [5.74, 6) is -2.13. The van der Waals surface area contributed by atoms with Gasteiger partial charge in [-0.15, -0.1) is 0 Å². The van der Waals surface area contributed by atoms with Gasteiger partial charge in [0.15, 0.2) is 0 Å². The van der Waals surface area contributed by atoms with Gasteiger partial charge in [0.1, 0.15) is 0 Å². The number of ether oxygens (including phenoxy) is 1. The highest BCUT2D eigenvalue weighted by atomic mass is 79.9. The van der Waals surface area contributed by atoms with Crippen molar-refractivity contribution >= 4 is 43.6 Å². The molecule has 1 aromatic rings. The number of ketones is 1. The minimum Gasteiger partial charge on any atom is -0.467 e. The number of carbonyl (C=O) groups excluding carboxylic acids is 2. The first-order valence-corrected chi connectivity index (χ1v) is 5.77. The number of hydrogen-bond donors (Lipinski definition) is 0. The van der Waals surface area contributed by atoms with Gasteiger partial charge in [-0.1, -0.05) is 31.9 Å². The highest BCUT2D eigenvalue weighted by Gasteiger charge is 2.29. The van der Waals surface area contributed by atoms with Crippen LogP contribution >= 0.6 is 31.9 Å². The molecule has 0 amide bonds. The van der Waals surface area contributed by atoms with Crippen molar-refractivity contribution in [2.45, 2.75) is 6.17 Å². The number of halogens is 3. The lowest BCUT2D eigenvalue weighted by atomic mass is 10.1. The molecule has 0 fully saturated rings. The molecule has 0 N–H and O–H groups in total. The van der Waals surface area contributed by atoms with Crippen LogP contribution in [-0.2, 0) is 9.53 Å². The summed E-state index contributed by atoms with van der Waals surface area (Å²) in [6.45, 7) is 0. The van der Waals surface area contributed by atoms with Gasteiger partial charge in [0, 0.05) is 14.5 Å². The van der Waals surface area contributed by atoms with Gasteiger partial charge < -0.3 is 4.74 Å². The summed E-state index contributed by atoms with van der Waals surface area (Å²) in [5.41, 5.74) is 0.0901. The molecular weight excluding hydrogens is 347 g/mol. The van der Waals surface area contributed by atoms with Crippen LogP contribution in [0.15, 0.2) is 27.1 Å². The zero-order chi connectivity index (χ0) is 12.3. The summed E-state index contributed by atoms with van der Waals surface area (Å²) in [5, 5.41) is 0. The Morgan fingerprint density at radius 2 is 2.00 bits per heavy atom. The van der Waals surface area contributed by atoms with E-state index >= 15 is 0 Å². The predicted octanol–water partition coefficient (Wildman–Crippen LogP) is 2.91. The van der Waals surface area contributed by atoms with E-state index < -0.39 is 17.9 Å². The van der Waals surface area contributed by atoms with Crippen LogP contribution < -0.4 is 0 Å². The fourth-order valence-electron chi connectivity index (χ4n) is 1.03. The van der Waals surface area contributed by atoms with Gasteiger partial charge in [-0.3, -0.25) is 4.79 Å². The molecule has 1 rings (SSSR count). The quantitative estimate of drug-likeness (QED) is 0.476. The smallest absolute Gasteiger partial charge is 0.348 e. The maximum atomic E-state index is 13.3. The number of esters is 1. The Labute approximate surface area is 108 Å². The van der Waals surface area contributed by atoms with Crippen molar-refractivity contribution in [3.05, 3.63) is 32.7 Å². The third kappa shape index (κ3) is 2.89. The zero-order valence-electron chi connectivity index (χ0n) is 8.17. The highest BCUT2D eigenvalue weighted by molar-refractivity contribution is 9.11. The fourth-order valence-corrected chi connectivity index (χ4v) is 1.84. The SMILES string of the molecule is COC(=O)C(F)C(=O)c1cc(Br)ccc1Br. The van der Waals surface area contributed by atoms with Crippen LogP contribution in [0.1, 0.15) is 10.4 Å². The van der Waals surface area contributed by atoms with E-state index in [2.05, 4.69) is 36.6 Å². The van der Waals surface area contributed by atoms with Gasteiger partial charge >= 0.3 is 5.97 Å². The molecule has 0 aliphatic rings. The molecule has 0 aliphatic carbocycles. The molecule has 0 aliphatic heterocycles. The van der Waals surface area contributed by atoms with Crippen molar-refractivity contribution < 1.29 is 18.7 Å². The Kier molecular flexibility index (Phi) is 4.61. The first-order chi connectivity index (χ1) is 7.47. The summed E-state index contributed by atoms with van der Waals surface area (Å²) >= 11 is 6.27. The van der Waals surface area contributed by atoms with E-state index in [-0.39, 0.29) is 5.56 Å². The molecule has 0 heterocycles. The third-order valence-corrected chi connectivity index (χ3v) is 3.02. The lowest BCUT2D eigenvalue weighted by Crippen LogP contribution is -2.27. The number of benzene rings is 1. The Balaban J connectivity index is 3.05.